The molecule has 0 spiro atoms. The molecule has 0 rings (SSSR count). The van der Waals surface area contributed by atoms with Crippen molar-refractivity contribution in [2.45, 2.75) is 53.3 Å². The summed E-state index contributed by atoms with van der Waals surface area (Å²) >= 11 is 0. The molecule has 0 aliphatic rings. The zero-order chi connectivity index (χ0) is 18.2. The predicted octanol–water partition coefficient (Wildman–Crippen LogP) is 4.84. The Balaban J connectivity index is -0.000000154. The quantitative estimate of drug-likeness (QED) is 0.335. The van der Waals surface area contributed by atoms with E-state index in [1.54, 1.807) is 0 Å². The van der Waals surface area contributed by atoms with Crippen molar-refractivity contribution in [1.29, 1.82) is 0 Å². The monoisotopic (exact) mass is 396 g/mol. The highest BCUT2D eigenvalue weighted by Crippen LogP contribution is 2.27. The van der Waals surface area contributed by atoms with Crippen LogP contribution >= 0.6 is 0 Å². The Bertz CT molecular complexity index is 323. The molecule has 0 amide bonds. The van der Waals surface area contributed by atoms with Crippen molar-refractivity contribution in [1.82, 2.24) is 0 Å². The van der Waals surface area contributed by atoms with Crippen molar-refractivity contribution < 1.29 is 43.7 Å². The molecule has 154 valence electrons. The van der Waals surface area contributed by atoms with Gasteiger partial charge in [0, 0.05) is 0 Å². The average Bonchev–Trinajstić information content (AvgIpc) is 2.44. The Morgan fingerprint density at radius 3 is 1.75 bits per heavy atom. The molecule has 0 heterocycles. The normalized spacial score (nSPS) is 11.5. The van der Waals surface area contributed by atoms with Gasteiger partial charge in [-0.2, -0.15) is 21.6 Å². The summed E-state index contributed by atoms with van der Waals surface area (Å²) in [6, 6.07) is 0. The number of hydrogen-bond acceptors (Lipinski definition) is 4. The summed E-state index contributed by atoms with van der Waals surface area (Å²) in [6.07, 6.45) is -7.44. The van der Waals surface area contributed by atoms with Crippen LogP contribution in [0.15, 0.2) is 0 Å². The molecule has 0 aromatic heterocycles. The largest absolute Gasteiger partial charge is 0.414 e. The summed E-state index contributed by atoms with van der Waals surface area (Å²) in [6.45, 7) is 0.487. The Kier molecular flexibility index (Phi) is 29.6. The van der Waals surface area contributed by atoms with Crippen LogP contribution < -0.4 is 0 Å². The van der Waals surface area contributed by atoms with Crippen LogP contribution in [-0.2, 0) is 19.0 Å². The number of rotatable bonds is 8. The van der Waals surface area contributed by atoms with E-state index in [1.165, 1.54) is 6.92 Å². The Hall–Kier alpha value is -0.550. The van der Waals surface area contributed by atoms with E-state index in [9.17, 15) is 34.8 Å². The number of halogens is 6. The predicted molar refractivity (Wildman–Crippen MR) is 83.7 cm³/mol. The minimum atomic E-state index is -4.68. The van der Waals surface area contributed by atoms with Crippen molar-refractivity contribution in [3.05, 3.63) is 0 Å². The van der Waals surface area contributed by atoms with Gasteiger partial charge >= 0.3 is 6.18 Å². The lowest BCUT2D eigenvalue weighted by Crippen LogP contribution is -2.33. The molecule has 0 aliphatic heterocycles. The van der Waals surface area contributed by atoms with E-state index in [2.05, 4.69) is 8.92 Å². The van der Waals surface area contributed by atoms with Crippen LogP contribution in [-0.4, -0.2) is 54.3 Å². The standard InChI is InChI=1S/C8H14F4O4S.C2H5F.CH3F.2CH4/c1-15-17(13,14)6-16-7(8(10,11)12)4-2-3-5-9;1-2-3;1-2;;/h7H,2-6H2,1H3;2H2,1H3;1H3;2*1H4. The molecular weight excluding hydrogens is 366 g/mol. The highest BCUT2D eigenvalue weighted by Gasteiger charge is 2.40. The SMILES string of the molecule is C.C.CCF.CF.COS(=O)(=O)COC(CCCCF)C(F)(F)F. The molecular formula is C13H30F6O4S. The van der Waals surface area contributed by atoms with E-state index < -0.39 is 41.4 Å². The van der Waals surface area contributed by atoms with Crippen LogP contribution in [0.3, 0.4) is 0 Å². The van der Waals surface area contributed by atoms with Gasteiger partial charge in [-0.15, -0.1) is 0 Å². The first-order chi connectivity index (χ1) is 10.1. The lowest BCUT2D eigenvalue weighted by molar-refractivity contribution is -0.217. The summed E-state index contributed by atoms with van der Waals surface area (Å²) in [4.78, 5) is 0. The lowest BCUT2D eigenvalue weighted by Gasteiger charge is -2.20. The second kappa shape index (κ2) is 20.5. The molecule has 0 radical (unpaired) electrons. The first kappa shape index (κ1) is 34.7. The molecule has 4 nitrogen and oxygen atoms in total. The van der Waals surface area contributed by atoms with E-state index >= 15 is 0 Å². The molecule has 0 aromatic carbocycles. The molecule has 0 aliphatic carbocycles. The van der Waals surface area contributed by atoms with Crippen LogP contribution in [0.1, 0.15) is 41.0 Å². The molecule has 24 heavy (non-hydrogen) atoms. The van der Waals surface area contributed by atoms with Crippen molar-refractivity contribution in [3.8, 4) is 0 Å². The van der Waals surface area contributed by atoms with Gasteiger partial charge in [-0.05, 0) is 26.2 Å². The van der Waals surface area contributed by atoms with Gasteiger partial charge in [-0.3, -0.25) is 17.4 Å². The molecule has 0 saturated carbocycles. The second-order valence-electron chi connectivity index (χ2n) is 3.49. The maximum atomic E-state index is 12.4. The summed E-state index contributed by atoms with van der Waals surface area (Å²) < 4.78 is 98.4. The molecule has 1 atom stereocenters. The molecule has 1 unspecified atom stereocenters. The van der Waals surface area contributed by atoms with Crippen molar-refractivity contribution >= 4 is 10.1 Å². The van der Waals surface area contributed by atoms with E-state index in [0.717, 1.165) is 7.11 Å². The van der Waals surface area contributed by atoms with E-state index in [-0.39, 0.29) is 34.4 Å². The Morgan fingerprint density at radius 1 is 1.04 bits per heavy atom. The zero-order valence-corrected chi connectivity index (χ0v) is 13.4. The third kappa shape index (κ3) is 23.7. The fourth-order valence-corrected chi connectivity index (χ4v) is 1.41. The van der Waals surface area contributed by atoms with E-state index in [0.29, 0.717) is 7.18 Å². The van der Waals surface area contributed by atoms with Crippen LogP contribution in [0.2, 0.25) is 0 Å². The maximum Gasteiger partial charge on any atom is 0.414 e. The summed E-state index contributed by atoms with van der Waals surface area (Å²) in [5, 5.41) is 0. The first-order valence-corrected chi connectivity index (χ1v) is 7.68. The minimum Gasteiger partial charge on any atom is -0.350 e. The van der Waals surface area contributed by atoms with Gasteiger partial charge < -0.3 is 4.74 Å². The fraction of sp³-hybridized carbons (Fsp3) is 1.00. The van der Waals surface area contributed by atoms with Crippen LogP contribution in [0.5, 0.6) is 0 Å². The van der Waals surface area contributed by atoms with Crippen molar-refractivity contribution in [2.75, 3.05) is 33.6 Å². The number of hydrogen-bond donors (Lipinski definition) is 0. The molecule has 0 fully saturated rings. The van der Waals surface area contributed by atoms with E-state index in [1.807, 2.05) is 0 Å². The van der Waals surface area contributed by atoms with Gasteiger partial charge in [-0.1, -0.05) is 14.9 Å². The number of ether oxygens (including phenoxy) is 1. The van der Waals surface area contributed by atoms with Gasteiger partial charge in [-0.25, -0.2) is 0 Å². The summed E-state index contributed by atoms with van der Waals surface area (Å²) in [5.41, 5.74) is 0. The Morgan fingerprint density at radius 2 is 1.46 bits per heavy atom. The van der Waals surface area contributed by atoms with E-state index in [4.69, 9.17) is 0 Å². The molecule has 0 N–H and O–H groups in total. The fourth-order valence-electron chi connectivity index (χ4n) is 0.979. The van der Waals surface area contributed by atoms with Crippen LogP contribution in [0.25, 0.3) is 0 Å². The minimum absolute atomic E-state index is 0. The van der Waals surface area contributed by atoms with Crippen LogP contribution in [0, 0.1) is 0 Å². The van der Waals surface area contributed by atoms with Gasteiger partial charge in [0.25, 0.3) is 10.1 Å². The maximum absolute atomic E-state index is 12.4. The molecule has 0 aromatic rings. The molecule has 0 saturated heterocycles. The first-order valence-electron chi connectivity index (χ1n) is 6.10. The molecule has 0 bridgehead atoms. The average molecular weight is 396 g/mol. The van der Waals surface area contributed by atoms with Gasteiger partial charge in [0.1, 0.15) is 0 Å². The highest BCUT2D eigenvalue weighted by molar-refractivity contribution is 7.86. The second-order valence-corrected chi connectivity index (χ2v) is 5.18. The van der Waals surface area contributed by atoms with Gasteiger partial charge in [0.2, 0.25) is 0 Å². The van der Waals surface area contributed by atoms with Crippen LogP contribution in [0.4, 0.5) is 26.3 Å². The number of alkyl halides is 6. The summed E-state index contributed by atoms with van der Waals surface area (Å²) in [7, 11) is -2.78. The zero-order valence-electron chi connectivity index (χ0n) is 12.6. The lowest BCUT2D eigenvalue weighted by atomic mass is 10.1. The number of unbranched alkanes of at least 4 members (excludes halogenated alkanes) is 1. The molecule has 11 heteroatoms. The van der Waals surface area contributed by atoms with Gasteiger partial charge in [0.05, 0.1) is 27.6 Å². The highest BCUT2D eigenvalue weighted by atomic mass is 32.2. The van der Waals surface area contributed by atoms with Gasteiger partial charge in [0.15, 0.2) is 12.0 Å². The smallest absolute Gasteiger partial charge is 0.350 e. The third-order valence-corrected chi connectivity index (χ3v) is 2.82. The Labute approximate surface area is 141 Å². The topological polar surface area (TPSA) is 52.6 Å². The van der Waals surface area contributed by atoms with Crippen molar-refractivity contribution in [2.24, 2.45) is 0 Å². The summed E-state index contributed by atoms with van der Waals surface area (Å²) in [5.74, 6) is -1.18. The third-order valence-electron chi connectivity index (χ3n) is 1.88. The van der Waals surface area contributed by atoms with Crippen molar-refractivity contribution in [3.63, 3.8) is 0 Å².